The Hall–Kier alpha value is -2.11. The zero-order valence-corrected chi connectivity index (χ0v) is 10.1. The molecule has 1 amide bonds. The van der Waals surface area contributed by atoms with Gasteiger partial charge in [-0.2, -0.15) is 0 Å². The van der Waals surface area contributed by atoms with Gasteiger partial charge in [-0.05, 0) is 24.1 Å². The number of nitrogens with two attached hydrogens (primary N) is 1. The predicted molar refractivity (Wildman–Crippen MR) is 65.7 cm³/mol. The maximum Gasteiger partial charge on any atom is 0.225 e. The predicted octanol–water partition coefficient (Wildman–Crippen LogP) is 1.01. The monoisotopic (exact) mass is 253 g/mol. The number of hydrogen-bond donors (Lipinski definition) is 3. The molecule has 0 aliphatic rings. The normalized spacial score (nSPS) is 13.1. The summed E-state index contributed by atoms with van der Waals surface area (Å²) in [7, 11) is 0. The standard InChI is InChI=1S/C12H16FN3O2/c1-2-10(12(14)16-18)15-11(17)7-8-3-5-9(13)6-4-8/h3-6,10,18H,2,7H2,1H3,(H2,14,16)(H,15,17). The van der Waals surface area contributed by atoms with Crippen molar-refractivity contribution in [2.75, 3.05) is 0 Å². The van der Waals surface area contributed by atoms with Crippen LogP contribution in [-0.4, -0.2) is 23.0 Å². The highest BCUT2D eigenvalue weighted by molar-refractivity contribution is 5.90. The van der Waals surface area contributed by atoms with Crippen molar-refractivity contribution >= 4 is 11.7 Å². The van der Waals surface area contributed by atoms with Crippen molar-refractivity contribution < 1.29 is 14.4 Å². The molecule has 1 aromatic rings. The van der Waals surface area contributed by atoms with Crippen molar-refractivity contribution in [3.05, 3.63) is 35.6 Å². The highest BCUT2D eigenvalue weighted by Gasteiger charge is 2.14. The topological polar surface area (TPSA) is 87.7 Å². The summed E-state index contributed by atoms with van der Waals surface area (Å²) in [6.07, 6.45) is 0.639. The second-order valence-electron chi connectivity index (χ2n) is 3.86. The second kappa shape index (κ2) is 6.58. The van der Waals surface area contributed by atoms with Gasteiger partial charge in [0.15, 0.2) is 5.84 Å². The Balaban J connectivity index is 2.58. The zero-order valence-electron chi connectivity index (χ0n) is 10.1. The Morgan fingerprint density at radius 3 is 2.61 bits per heavy atom. The summed E-state index contributed by atoms with van der Waals surface area (Å²) in [4.78, 5) is 11.7. The number of carbonyl (C=O) groups excluding carboxylic acids is 1. The lowest BCUT2D eigenvalue weighted by atomic mass is 10.1. The molecule has 1 rings (SSSR count). The molecule has 0 aliphatic carbocycles. The average Bonchev–Trinajstić information content (AvgIpc) is 2.37. The fraction of sp³-hybridized carbons (Fsp3) is 0.333. The minimum absolute atomic E-state index is 0.0371. The molecule has 1 unspecified atom stereocenters. The van der Waals surface area contributed by atoms with Crippen molar-refractivity contribution in [2.45, 2.75) is 25.8 Å². The van der Waals surface area contributed by atoms with Crippen molar-refractivity contribution in [1.82, 2.24) is 5.32 Å². The molecule has 0 saturated carbocycles. The van der Waals surface area contributed by atoms with E-state index in [1.54, 1.807) is 19.1 Å². The first-order valence-electron chi connectivity index (χ1n) is 5.58. The Labute approximate surface area is 104 Å². The molecule has 0 fully saturated rings. The van der Waals surface area contributed by atoms with E-state index >= 15 is 0 Å². The van der Waals surface area contributed by atoms with Gasteiger partial charge in [-0.1, -0.05) is 24.2 Å². The molecule has 0 spiro atoms. The molecule has 5 nitrogen and oxygen atoms in total. The van der Waals surface area contributed by atoms with Gasteiger partial charge in [0.25, 0.3) is 0 Å². The second-order valence-corrected chi connectivity index (χ2v) is 3.86. The van der Waals surface area contributed by atoms with E-state index < -0.39 is 6.04 Å². The third-order valence-corrected chi connectivity index (χ3v) is 2.49. The zero-order chi connectivity index (χ0) is 13.5. The van der Waals surface area contributed by atoms with E-state index in [-0.39, 0.29) is 24.0 Å². The van der Waals surface area contributed by atoms with Gasteiger partial charge in [-0.15, -0.1) is 0 Å². The first kappa shape index (κ1) is 14.0. The number of halogens is 1. The fourth-order valence-corrected chi connectivity index (χ4v) is 1.49. The highest BCUT2D eigenvalue weighted by Crippen LogP contribution is 2.04. The van der Waals surface area contributed by atoms with Crippen molar-refractivity contribution in [1.29, 1.82) is 0 Å². The molecule has 0 aliphatic heterocycles. The van der Waals surface area contributed by atoms with Crippen LogP contribution in [0.1, 0.15) is 18.9 Å². The van der Waals surface area contributed by atoms with Crippen LogP contribution in [0.5, 0.6) is 0 Å². The summed E-state index contributed by atoms with van der Waals surface area (Å²) in [5, 5.41) is 14.0. The van der Waals surface area contributed by atoms with E-state index in [2.05, 4.69) is 10.5 Å². The molecule has 1 aromatic carbocycles. The van der Waals surface area contributed by atoms with E-state index in [0.717, 1.165) is 0 Å². The molecule has 0 aromatic heterocycles. The summed E-state index contributed by atoms with van der Waals surface area (Å²) >= 11 is 0. The number of hydrogen-bond acceptors (Lipinski definition) is 3. The van der Waals surface area contributed by atoms with Crippen LogP contribution < -0.4 is 11.1 Å². The van der Waals surface area contributed by atoms with Crippen LogP contribution in [-0.2, 0) is 11.2 Å². The maximum atomic E-state index is 12.7. The summed E-state index contributed by atoms with van der Waals surface area (Å²) in [5.41, 5.74) is 6.12. The van der Waals surface area contributed by atoms with E-state index in [9.17, 15) is 9.18 Å². The van der Waals surface area contributed by atoms with Crippen molar-refractivity contribution in [2.24, 2.45) is 10.9 Å². The van der Waals surface area contributed by atoms with E-state index in [4.69, 9.17) is 10.9 Å². The van der Waals surface area contributed by atoms with Gasteiger partial charge in [-0.25, -0.2) is 4.39 Å². The molecule has 98 valence electrons. The first-order chi connectivity index (χ1) is 8.56. The van der Waals surface area contributed by atoms with Crippen LogP contribution in [0.3, 0.4) is 0 Å². The van der Waals surface area contributed by atoms with E-state index in [1.807, 2.05) is 0 Å². The minimum atomic E-state index is -0.497. The molecular formula is C12H16FN3O2. The molecule has 0 saturated heterocycles. The van der Waals surface area contributed by atoms with E-state index in [1.165, 1.54) is 12.1 Å². The molecule has 0 radical (unpaired) electrons. The number of nitrogens with zero attached hydrogens (tertiary/aromatic N) is 1. The van der Waals surface area contributed by atoms with Crippen molar-refractivity contribution in [3.8, 4) is 0 Å². The number of benzene rings is 1. The third kappa shape index (κ3) is 4.04. The Bertz CT molecular complexity index is 431. The minimum Gasteiger partial charge on any atom is -0.409 e. The number of oxime groups is 1. The van der Waals surface area contributed by atoms with Crippen LogP contribution in [0, 0.1) is 5.82 Å². The lowest BCUT2D eigenvalue weighted by molar-refractivity contribution is -0.120. The smallest absolute Gasteiger partial charge is 0.225 e. The largest absolute Gasteiger partial charge is 0.409 e. The van der Waals surface area contributed by atoms with E-state index in [0.29, 0.717) is 12.0 Å². The quantitative estimate of drug-likeness (QED) is 0.317. The third-order valence-electron chi connectivity index (χ3n) is 2.49. The van der Waals surface area contributed by atoms with Crippen LogP contribution in [0.15, 0.2) is 29.4 Å². The summed E-state index contributed by atoms with van der Waals surface area (Å²) < 4.78 is 12.7. The van der Waals surface area contributed by atoms with Crippen LogP contribution in [0.25, 0.3) is 0 Å². The van der Waals surface area contributed by atoms with Gasteiger partial charge >= 0.3 is 0 Å². The van der Waals surface area contributed by atoms with Gasteiger partial charge in [0, 0.05) is 0 Å². The SMILES string of the molecule is CCC(NC(=O)Cc1ccc(F)cc1)/C(N)=N/O. The van der Waals surface area contributed by atoms with Crippen LogP contribution >= 0.6 is 0 Å². The fourth-order valence-electron chi connectivity index (χ4n) is 1.49. The summed E-state index contributed by atoms with van der Waals surface area (Å²) in [5.74, 6) is -0.646. The number of nitrogens with one attached hydrogen (secondary N) is 1. The number of rotatable bonds is 5. The lowest BCUT2D eigenvalue weighted by Crippen LogP contribution is -2.44. The maximum absolute atomic E-state index is 12.7. The molecule has 4 N–H and O–H groups in total. The first-order valence-corrected chi connectivity index (χ1v) is 5.58. The van der Waals surface area contributed by atoms with Gasteiger partial charge in [0.1, 0.15) is 5.82 Å². The van der Waals surface area contributed by atoms with Crippen LogP contribution in [0.2, 0.25) is 0 Å². The summed E-state index contributed by atoms with van der Waals surface area (Å²) in [6, 6.07) is 5.17. The van der Waals surface area contributed by atoms with Gasteiger partial charge in [0.2, 0.25) is 5.91 Å². The van der Waals surface area contributed by atoms with Crippen molar-refractivity contribution in [3.63, 3.8) is 0 Å². The van der Waals surface area contributed by atoms with Gasteiger partial charge in [-0.3, -0.25) is 4.79 Å². The molecule has 1 atom stereocenters. The number of amides is 1. The number of amidine groups is 1. The highest BCUT2D eigenvalue weighted by atomic mass is 19.1. The van der Waals surface area contributed by atoms with Gasteiger partial charge in [0.05, 0.1) is 12.5 Å². The molecule has 0 bridgehead atoms. The Kier molecular flexibility index (Phi) is 5.10. The Morgan fingerprint density at radius 2 is 2.11 bits per heavy atom. The van der Waals surface area contributed by atoms with Crippen LogP contribution in [0.4, 0.5) is 4.39 Å². The van der Waals surface area contributed by atoms with Gasteiger partial charge < -0.3 is 16.3 Å². The summed E-state index contributed by atoms with van der Waals surface area (Å²) in [6.45, 7) is 1.81. The molecule has 18 heavy (non-hydrogen) atoms. The lowest BCUT2D eigenvalue weighted by Gasteiger charge is -2.15. The molecular weight excluding hydrogens is 237 g/mol. The average molecular weight is 253 g/mol. The Morgan fingerprint density at radius 1 is 1.50 bits per heavy atom. The number of carbonyl (C=O) groups is 1. The molecule has 0 heterocycles. The molecule has 6 heteroatoms.